The Bertz CT molecular complexity index is 580. The molecular formula is C14H17N3O2S. The molecule has 0 aliphatic rings. The number of nitrogens with zero attached hydrogens (tertiary/aromatic N) is 3. The van der Waals surface area contributed by atoms with E-state index in [2.05, 4.69) is 9.97 Å². The summed E-state index contributed by atoms with van der Waals surface area (Å²) < 4.78 is 4.93. The monoisotopic (exact) mass is 291 g/mol. The lowest BCUT2D eigenvalue weighted by Gasteiger charge is -2.16. The normalized spacial score (nSPS) is 10.3. The summed E-state index contributed by atoms with van der Waals surface area (Å²) in [6.07, 6.45) is 1.54. The summed E-state index contributed by atoms with van der Waals surface area (Å²) in [7, 11) is 1.95. The van der Waals surface area contributed by atoms with Crippen molar-refractivity contribution in [3.8, 4) is 0 Å². The van der Waals surface area contributed by atoms with Crippen LogP contribution in [0.2, 0.25) is 0 Å². The maximum atomic E-state index is 11.5. The molecule has 0 saturated heterocycles. The van der Waals surface area contributed by atoms with Crippen LogP contribution in [-0.4, -0.2) is 29.6 Å². The maximum absolute atomic E-state index is 11.5. The van der Waals surface area contributed by atoms with Gasteiger partial charge in [0.15, 0.2) is 0 Å². The maximum Gasteiger partial charge on any atom is 0.339 e. The quantitative estimate of drug-likeness (QED) is 0.793. The highest BCUT2D eigenvalue weighted by Crippen LogP contribution is 2.15. The molecule has 0 fully saturated rings. The van der Waals surface area contributed by atoms with Crippen LogP contribution in [0.3, 0.4) is 0 Å². The smallest absolute Gasteiger partial charge is 0.339 e. The predicted molar refractivity (Wildman–Crippen MR) is 79.2 cm³/mol. The highest BCUT2D eigenvalue weighted by atomic mass is 32.1. The van der Waals surface area contributed by atoms with E-state index in [4.69, 9.17) is 4.74 Å². The fourth-order valence-electron chi connectivity index (χ4n) is 1.75. The Hall–Kier alpha value is -1.95. The minimum atomic E-state index is -0.343. The Kier molecular flexibility index (Phi) is 4.68. The highest BCUT2D eigenvalue weighted by molar-refractivity contribution is 7.09. The van der Waals surface area contributed by atoms with Crippen LogP contribution in [-0.2, 0) is 11.3 Å². The van der Waals surface area contributed by atoms with Gasteiger partial charge in [0.05, 0.1) is 29.4 Å². The Balaban J connectivity index is 2.03. The average Bonchev–Trinajstić information content (AvgIpc) is 2.84. The number of ether oxygens (including phenoxy) is 1. The van der Waals surface area contributed by atoms with E-state index in [9.17, 15) is 4.79 Å². The third-order valence-electron chi connectivity index (χ3n) is 2.72. The van der Waals surface area contributed by atoms with E-state index in [0.29, 0.717) is 18.7 Å². The van der Waals surface area contributed by atoms with Crippen molar-refractivity contribution in [3.63, 3.8) is 0 Å². The zero-order valence-electron chi connectivity index (χ0n) is 11.8. The zero-order chi connectivity index (χ0) is 14.5. The minimum absolute atomic E-state index is 0.343. The molecule has 0 atom stereocenters. The molecule has 0 radical (unpaired) electrons. The summed E-state index contributed by atoms with van der Waals surface area (Å²) in [6, 6.07) is 3.54. The fraction of sp³-hybridized carbons (Fsp3) is 0.357. The van der Waals surface area contributed by atoms with Crippen molar-refractivity contribution in [2.45, 2.75) is 20.4 Å². The summed E-state index contributed by atoms with van der Waals surface area (Å²) in [5, 5.41) is 3.10. The molecule has 0 saturated carbocycles. The second kappa shape index (κ2) is 6.47. The van der Waals surface area contributed by atoms with Crippen molar-refractivity contribution in [1.29, 1.82) is 0 Å². The van der Waals surface area contributed by atoms with Crippen LogP contribution >= 0.6 is 11.3 Å². The number of carbonyl (C=O) groups excluding carboxylic acids is 1. The van der Waals surface area contributed by atoms with Gasteiger partial charge in [0, 0.05) is 18.6 Å². The molecule has 0 N–H and O–H groups in total. The number of rotatable bonds is 5. The molecule has 2 aromatic rings. The molecule has 2 heterocycles. The SMILES string of the molecule is CCOC(=O)c1ccc(N(C)Cc2csc(C)n2)nc1. The third kappa shape index (κ3) is 3.54. The van der Waals surface area contributed by atoms with Gasteiger partial charge in [-0.15, -0.1) is 11.3 Å². The molecule has 0 aliphatic heterocycles. The van der Waals surface area contributed by atoms with Crippen molar-refractivity contribution in [1.82, 2.24) is 9.97 Å². The molecular weight excluding hydrogens is 274 g/mol. The van der Waals surface area contributed by atoms with E-state index in [1.807, 2.05) is 30.3 Å². The average molecular weight is 291 g/mol. The Morgan fingerprint density at radius 1 is 1.45 bits per heavy atom. The van der Waals surface area contributed by atoms with Crippen molar-refractivity contribution < 1.29 is 9.53 Å². The van der Waals surface area contributed by atoms with E-state index in [1.54, 1.807) is 24.3 Å². The van der Waals surface area contributed by atoms with Gasteiger partial charge in [-0.05, 0) is 26.0 Å². The first-order chi connectivity index (χ1) is 9.60. The number of hydrogen-bond donors (Lipinski definition) is 0. The van der Waals surface area contributed by atoms with Crippen molar-refractivity contribution in [2.75, 3.05) is 18.6 Å². The van der Waals surface area contributed by atoms with Crippen LogP contribution in [0.1, 0.15) is 28.0 Å². The topological polar surface area (TPSA) is 55.3 Å². The van der Waals surface area contributed by atoms with Gasteiger partial charge >= 0.3 is 5.97 Å². The molecule has 0 spiro atoms. The van der Waals surface area contributed by atoms with Crippen LogP contribution in [0.25, 0.3) is 0 Å². The van der Waals surface area contributed by atoms with E-state index < -0.39 is 0 Å². The van der Waals surface area contributed by atoms with Gasteiger partial charge in [-0.25, -0.2) is 14.8 Å². The molecule has 0 amide bonds. The van der Waals surface area contributed by atoms with Crippen molar-refractivity contribution >= 4 is 23.1 Å². The molecule has 106 valence electrons. The summed E-state index contributed by atoms with van der Waals surface area (Å²) >= 11 is 1.63. The third-order valence-corrected chi connectivity index (χ3v) is 3.54. The lowest BCUT2D eigenvalue weighted by atomic mass is 10.3. The Morgan fingerprint density at radius 2 is 2.25 bits per heavy atom. The van der Waals surface area contributed by atoms with Crippen LogP contribution < -0.4 is 4.90 Å². The molecule has 2 rings (SSSR count). The van der Waals surface area contributed by atoms with Gasteiger partial charge in [-0.2, -0.15) is 0 Å². The van der Waals surface area contributed by atoms with Gasteiger partial charge < -0.3 is 9.64 Å². The summed E-state index contributed by atoms with van der Waals surface area (Å²) in [4.78, 5) is 22.2. The van der Waals surface area contributed by atoms with Crippen LogP contribution in [0.5, 0.6) is 0 Å². The van der Waals surface area contributed by atoms with Gasteiger partial charge in [0.2, 0.25) is 0 Å². The molecule has 5 nitrogen and oxygen atoms in total. The number of aromatic nitrogens is 2. The van der Waals surface area contributed by atoms with Gasteiger partial charge in [-0.3, -0.25) is 0 Å². The van der Waals surface area contributed by atoms with Crippen LogP contribution in [0.4, 0.5) is 5.82 Å². The molecule has 2 aromatic heterocycles. The second-order valence-corrected chi connectivity index (χ2v) is 5.40. The van der Waals surface area contributed by atoms with E-state index in [1.165, 1.54) is 6.20 Å². The Labute approximate surface area is 122 Å². The lowest BCUT2D eigenvalue weighted by molar-refractivity contribution is 0.0526. The molecule has 0 unspecified atom stereocenters. The fourth-order valence-corrected chi connectivity index (χ4v) is 2.36. The molecule has 6 heteroatoms. The minimum Gasteiger partial charge on any atom is -0.462 e. The number of thiazole rings is 1. The standard InChI is InChI=1S/C14H17N3O2S/c1-4-19-14(18)11-5-6-13(15-7-11)17(3)8-12-9-20-10(2)16-12/h5-7,9H,4,8H2,1-3H3. The summed E-state index contributed by atoms with van der Waals surface area (Å²) in [5.41, 5.74) is 1.49. The molecule has 0 aliphatic carbocycles. The number of hydrogen-bond acceptors (Lipinski definition) is 6. The summed E-state index contributed by atoms with van der Waals surface area (Å²) in [5.74, 6) is 0.452. The van der Waals surface area contributed by atoms with Crippen molar-refractivity contribution in [2.24, 2.45) is 0 Å². The molecule has 0 aromatic carbocycles. The van der Waals surface area contributed by atoms with E-state index >= 15 is 0 Å². The van der Waals surface area contributed by atoms with Gasteiger partial charge in [0.1, 0.15) is 5.82 Å². The van der Waals surface area contributed by atoms with E-state index in [0.717, 1.165) is 16.5 Å². The first-order valence-electron chi connectivity index (χ1n) is 6.35. The van der Waals surface area contributed by atoms with Gasteiger partial charge in [-0.1, -0.05) is 0 Å². The predicted octanol–water partition coefficient (Wildman–Crippen LogP) is 2.66. The number of carbonyl (C=O) groups is 1. The number of aryl methyl sites for hydroxylation is 1. The largest absolute Gasteiger partial charge is 0.462 e. The molecule has 20 heavy (non-hydrogen) atoms. The number of anilines is 1. The number of pyridine rings is 1. The molecule has 0 bridgehead atoms. The second-order valence-electron chi connectivity index (χ2n) is 4.34. The van der Waals surface area contributed by atoms with E-state index in [-0.39, 0.29) is 5.97 Å². The zero-order valence-corrected chi connectivity index (χ0v) is 12.6. The first kappa shape index (κ1) is 14.5. The van der Waals surface area contributed by atoms with Gasteiger partial charge in [0.25, 0.3) is 0 Å². The first-order valence-corrected chi connectivity index (χ1v) is 7.23. The van der Waals surface area contributed by atoms with Crippen molar-refractivity contribution in [3.05, 3.63) is 40.0 Å². The lowest BCUT2D eigenvalue weighted by Crippen LogP contribution is -2.18. The van der Waals surface area contributed by atoms with Crippen LogP contribution in [0, 0.1) is 6.92 Å². The summed E-state index contributed by atoms with van der Waals surface area (Å²) in [6.45, 7) is 4.82. The number of esters is 1. The highest BCUT2D eigenvalue weighted by Gasteiger charge is 2.09. The van der Waals surface area contributed by atoms with Crippen LogP contribution in [0.15, 0.2) is 23.7 Å². The Morgan fingerprint density at radius 3 is 2.80 bits per heavy atom.